The van der Waals surface area contributed by atoms with Gasteiger partial charge in [-0.15, -0.1) is 0 Å². The lowest BCUT2D eigenvalue weighted by atomic mass is 9.86. The van der Waals surface area contributed by atoms with Crippen molar-refractivity contribution in [2.24, 2.45) is 5.73 Å². The Kier molecular flexibility index (Phi) is 3.99. The van der Waals surface area contributed by atoms with Crippen LogP contribution in [0.1, 0.15) is 37.9 Å². The minimum absolute atomic E-state index is 0.00192. The second kappa shape index (κ2) is 4.78. The average molecular weight is 255 g/mol. The molecule has 0 amide bonds. The zero-order valence-electron chi connectivity index (χ0n) is 10.9. The normalized spacial score (nSPS) is 14.6. The third kappa shape index (κ3) is 4.13. The minimum Gasteiger partial charge on any atom is -0.324 e. The summed E-state index contributed by atoms with van der Waals surface area (Å²) in [6.07, 6.45) is 1.27. The number of hydrogen-bond donors (Lipinski definition) is 1. The van der Waals surface area contributed by atoms with Gasteiger partial charge in [-0.2, -0.15) is 0 Å². The fourth-order valence-electron chi connectivity index (χ4n) is 1.98. The average Bonchev–Trinajstić information content (AvgIpc) is 2.14. The predicted molar refractivity (Wildman–Crippen MR) is 71.8 cm³/mol. The van der Waals surface area contributed by atoms with Crippen molar-refractivity contribution in [3.63, 3.8) is 0 Å². The fourth-order valence-corrected chi connectivity index (χ4v) is 3.45. The Bertz CT molecular complexity index is 473. The second-order valence-corrected chi connectivity index (χ2v) is 7.50. The van der Waals surface area contributed by atoms with Crippen molar-refractivity contribution < 1.29 is 8.42 Å². The highest BCUT2D eigenvalue weighted by Gasteiger charge is 2.25. The molecular weight excluding hydrogens is 234 g/mol. The maximum absolute atomic E-state index is 11.4. The maximum Gasteiger partial charge on any atom is 0.148 e. The Morgan fingerprint density at radius 3 is 2.06 bits per heavy atom. The first kappa shape index (κ1) is 14.2. The second-order valence-electron chi connectivity index (χ2n) is 5.36. The van der Waals surface area contributed by atoms with Crippen molar-refractivity contribution in [1.29, 1.82) is 0 Å². The molecule has 0 aliphatic heterocycles. The Morgan fingerprint density at radius 1 is 1.24 bits per heavy atom. The van der Waals surface area contributed by atoms with Crippen LogP contribution in [0.5, 0.6) is 0 Å². The number of sulfone groups is 1. The summed E-state index contributed by atoms with van der Waals surface area (Å²) < 4.78 is 22.8. The summed E-state index contributed by atoms with van der Waals surface area (Å²) in [5, 5.41) is 0. The van der Waals surface area contributed by atoms with Crippen molar-refractivity contribution in [2.45, 2.75) is 32.2 Å². The van der Waals surface area contributed by atoms with E-state index in [2.05, 4.69) is 0 Å². The van der Waals surface area contributed by atoms with E-state index in [0.717, 1.165) is 11.1 Å². The van der Waals surface area contributed by atoms with Crippen LogP contribution in [0.4, 0.5) is 0 Å². The number of hydrogen-bond acceptors (Lipinski definition) is 3. The maximum atomic E-state index is 11.4. The van der Waals surface area contributed by atoms with E-state index in [0.29, 0.717) is 0 Å². The smallest absolute Gasteiger partial charge is 0.148 e. The molecule has 3 nitrogen and oxygen atoms in total. The lowest BCUT2D eigenvalue weighted by Gasteiger charge is -2.24. The van der Waals surface area contributed by atoms with E-state index in [4.69, 9.17) is 5.73 Å². The topological polar surface area (TPSA) is 60.2 Å². The molecule has 0 fully saturated rings. The molecule has 0 saturated carbocycles. The fraction of sp³-hybridized carbons (Fsp3) is 0.538. The SMILES string of the molecule is CC(N)c1ccc(C(C)(C)CS(C)(=O)=O)cc1. The van der Waals surface area contributed by atoms with Gasteiger partial charge in [0.15, 0.2) is 0 Å². The summed E-state index contributed by atoms with van der Waals surface area (Å²) in [5.74, 6) is 0.150. The van der Waals surface area contributed by atoms with Gasteiger partial charge in [-0.25, -0.2) is 8.42 Å². The van der Waals surface area contributed by atoms with Crippen LogP contribution in [0.3, 0.4) is 0 Å². The molecule has 2 N–H and O–H groups in total. The third-order valence-electron chi connectivity index (χ3n) is 2.84. The molecule has 1 unspecified atom stereocenters. The Hall–Kier alpha value is -0.870. The quantitative estimate of drug-likeness (QED) is 0.895. The molecule has 0 bridgehead atoms. The first-order valence-corrected chi connectivity index (χ1v) is 7.72. The van der Waals surface area contributed by atoms with Crippen molar-refractivity contribution >= 4 is 9.84 Å². The van der Waals surface area contributed by atoms with E-state index in [9.17, 15) is 8.42 Å². The molecule has 4 heteroatoms. The Labute approximate surface area is 104 Å². The Morgan fingerprint density at radius 2 is 1.71 bits per heavy atom. The Balaban J connectivity index is 3.00. The molecule has 0 spiro atoms. The van der Waals surface area contributed by atoms with Crippen molar-refractivity contribution in [1.82, 2.24) is 0 Å². The van der Waals surface area contributed by atoms with Crippen LogP contribution in [0.2, 0.25) is 0 Å². The van der Waals surface area contributed by atoms with E-state index in [-0.39, 0.29) is 17.2 Å². The molecule has 1 rings (SSSR count). The van der Waals surface area contributed by atoms with Crippen LogP contribution in [-0.4, -0.2) is 20.4 Å². The van der Waals surface area contributed by atoms with Crippen LogP contribution >= 0.6 is 0 Å². The molecule has 0 saturated heterocycles. The molecule has 0 aromatic heterocycles. The molecule has 1 aromatic rings. The van der Waals surface area contributed by atoms with Gasteiger partial charge < -0.3 is 5.73 Å². The van der Waals surface area contributed by atoms with Crippen LogP contribution in [0.15, 0.2) is 24.3 Å². The van der Waals surface area contributed by atoms with Gasteiger partial charge >= 0.3 is 0 Å². The van der Waals surface area contributed by atoms with Gasteiger partial charge in [-0.3, -0.25) is 0 Å². The van der Waals surface area contributed by atoms with E-state index in [1.54, 1.807) is 0 Å². The highest BCUT2D eigenvalue weighted by Crippen LogP contribution is 2.26. The van der Waals surface area contributed by atoms with E-state index in [1.807, 2.05) is 45.0 Å². The summed E-state index contributed by atoms with van der Waals surface area (Å²) in [7, 11) is -2.98. The van der Waals surface area contributed by atoms with Crippen LogP contribution in [0, 0.1) is 0 Å². The monoisotopic (exact) mass is 255 g/mol. The summed E-state index contributed by atoms with van der Waals surface area (Å²) in [6.45, 7) is 5.81. The zero-order chi connectivity index (χ0) is 13.3. The first-order chi connectivity index (χ1) is 7.62. The van der Waals surface area contributed by atoms with Crippen LogP contribution in [0.25, 0.3) is 0 Å². The number of rotatable bonds is 4. The van der Waals surface area contributed by atoms with E-state index >= 15 is 0 Å². The summed E-state index contributed by atoms with van der Waals surface area (Å²) >= 11 is 0. The molecule has 17 heavy (non-hydrogen) atoms. The predicted octanol–water partition coefficient (Wildman–Crippen LogP) is 2.03. The minimum atomic E-state index is -2.98. The number of nitrogens with two attached hydrogens (primary N) is 1. The van der Waals surface area contributed by atoms with E-state index in [1.165, 1.54) is 6.26 Å². The van der Waals surface area contributed by atoms with Gasteiger partial charge in [0.25, 0.3) is 0 Å². The largest absolute Gasteiger partial charge is 0.324 e. The number of benzene rings is 1. The summed E-state index contributed by atoms with van der Waals surface area (Å²) in [4.78, 5) is 0. The molecule has 1 atom stereocenters. The van der Waals surface area contributed by atoms with Crippen LogP contribution < -0.4 is 5.73 Å². The summed E-state index contributed by atoms with van der Waals surface area (Å²) in [5.41, 5.74) is 7.49. The lowest BCUT2D eigenvalue weighted by Crippen LogP contribution is -2.27. The van der Waals surface area contributed by atoms with Gasteiger partial charge in [-0.1, -0.05) is 38.1 Å². The van der Waals surface area contributed by atoms with Gasteiger partial charge in [0.1, 0.15) is 9.84 Å². The molecule has 0 aliphatic rings. The van der Waals surface area contributed by atoms with Crippen molar-refractivity contribution in [3.05, 3.63) is 35.4 Å². The molecule has 0 heterocycles. The standard InChI is InChI=1S/C13H21NO2S/c1-10(14)11-5-7-12(8-6-11)13(2,3)9-17(4,15)16/h5-8,10H,9,14H2,1-4H3. The van der Waals surface area contributed by atoms with Crippen LogP contribution in [-0.2, 0) is 15.3 Å². The van der Waals surface area contributed by atoms with Gasteiger partial charge in [0.05, 0.1) is 5.75 Å². The molecule has 0 aliphatic carbocycles. The highest BCUT2D eigenvalue weighted by molar-refractivity contribution is 7.90. The van der Waals surface area contributed by atoms with E-state index < -0.39 is 9.84 Å². The van der Waals surface area contributed by atoms with Gasteiger partial charge in [0, 0.05) is 17.7 Å². The first-order valence-electron chi connectivity index (χ1n) is 5.65. The van der Waals surface area contributed by atoms with Gasteiger partial charge in [-0.05, 0) is 18.1 Å². The zero-order valence-corrected chi connectivity index (χ0v) is 11.7. The molecule has 96 valence electrons. The van der Waals surface area contributed by atoms with Crippen molar-refractivity contribution in [2.75, 3.05) is 12.0 Å². The highest BCUT2D eigenvalue weighted by atomic mass is 32.2. The lowest BCUT2D eigenvalue weighted by molar-refractivity contribution is 0.552. The third-order valence-corrected chi connectivity index (χ3v) is 4.09. The molecular formula is C13H21NO2S. The summed E-state index contributed by atoms with van der Waals surface area (Å²) in [6, 6.07) is 7.85. The van der Waals surface area contributed by atoms with Gasteiger partial charge in [0.2, 0.25) is 0 Å². The molecule has 1 aromatic carbocycles. The molecule has 0 radical (unpaired) electrons. The van der Waals surface area contributed by atoms with Crippen molar-refractivity contribution in [3.8, 4) is 0 Å².